The van der Waals surface area contributed by atoms with Crippen molar-refractivity contribution in [3.8, 4) is 11.8 Å². The zero-order valence-corrected chi connectivity index (χ0v) is 9.23. The number of amides is 1. The first-order valence-corrected chi connectivity index (χ1v) is 5.31. The van der Waals surface area contributed by atoms with Gasteiger partial charge in [0.05, 0.1) is 6.54 Å². The molecular weight excluding hydrogens is 202 g/mol. The number of hydrogen-bond donors (Lipinski definition) is 0. The van der Waals surface area contributed by atoms with Crippen molar-refractivity contribution in [2.24, 2.45) is 0 Å². The van der Waals surface area contributed by atoms with Crippen LogP contribution in [0.3, 0.4) is 0 Å². The zero-order valence-electron chi connectivity index (χ0n) is 9.23. The van der Waals surface area contributed by atoms with E-state index in [-0.39, 0.29) is 5.91 Å². The summed E-state index contributed by atoms with van der Waals surface area (Å²) in [5, 5.41) is 0. The lowest BCUT2D eigenvalue weighted by Gasteiger charge is -2.09. The molecule has 82 valence electrons. The molecule has 0 N–H and O–H groups in total. The van der Waals surface area contributed by atoms with Gasteiger partial charge in [0.2, 0.25) is 5.91 Å². The first-order valence-electron chi connectivity index (χ1n) is 5.31. The fourth-order valence-electron chi connectivity index (χ4n) is 1.62. The van der Waals surface area contributed by atoms with Gasteiger partial charge in [-0.1, -0.05) is 5.92 Å². The number of rotatable bonds is 1. The third-order valence-corrected chi connectivity index (χ3v) is 2.46. The lowest BCUT2D eigenvalue weighted by Crippen LogP contribution is -2.24. The average Bonchev–Trinajstić information content (AvgIpc) is 2.65. The minimum Gasteiger partial charge on any atom is -0.332 e. The minimum absolute atomic E-state index is 0.202. The van der Waals surface area contributed by atoms with E-state index in [1.807, 2.05) is 13.0 Å². The van der Waals surface area contributed by atoms with Gasteiger partial charge in [-0.3, -0.25) is 4.79 Å². The van der Waals surface area contributed by atoms with Crippen molar-refractivity contribution < 1.29 is 4.79 Å². The second-order valence-electron chi connectivity index (χ2n) is 3.77. The summed E-state index contributed by atoms with van der Waals surface area (Å²) in [7, 11) is 0. The molecule has 0 atom stereocenters. The largest absolute Gasteiger partial charge is 0.332 e. The lowest BCUT2D eigenvalue weighted by atomic mass is 10.3. The highest BCUT2D eigenvalue weighted by Gasteiger charge is 2.18. The Morgan fingerprint density at radius 1 is 1.50 bits per heavy atom. The Kier molecular flexibility index (Phi) is 3.16. The lowest BCUT2D eigenvalue weighted by molar-refractivity contribution is -0.127. The molecule has 1 aromatic rings. The highest BCUT2D eigenvalue weighted by molar-refractivity contribution is 5.78. The summed E-state index contributed by atoms with van der Waals surface area (Å²) >= 11 is 0. The van der Waals surface area contributed by atoms with E-state index in [1.54, 1.807) is 4.90 Å². The monoisotopic (exact) mass is 215 g/mol. The normalized spacial score (nSPS) is 14.8. The van der Waals surface area contributed by atoms with Crippen LogP contribution in [0.1, 0.15) is 24.2 Å². The van der Waals surface area contributed by atoms with Crippen molar-refractivity contribution in [3.05, 3.63) is 23.8 Å². The van der Waals surface area contributed by atoms with E-state index in [9.17, 15) is 4.79 Å². The van der Waals surface area contributed by atoms with Crippen LogP contribution in [0.15, 0.2) is 12.4 Å². The van der Waals surface area contributed by atoms with Crippen LogP contribution in [0, 0.1) is 18.8 Å². The van der Waals surface area contributed by atoms with Crippen molar-refractivity contribution in [2.45, 2.75) is 19.8 Å². The van der Waals surface area contributed by atoms with E-state index < -0.39 is 0 Å². The van der Waals surface area contributed by atoms with E-state index in [2.05, 4.69) is 21.8 Å². The SMILES string of the molecule is Cc1cc(C#CCN2CCCC2=O)ncn1. The molecule has 0 aliphatic carbocycles. The van der Waals surface area contributed by atoms with Crippen LogP contribution in [0.5, 0.6) is 0 Å². The van der Waals surface area contributed by atoms with Gasteiger partial charge in [0.25, 0.3) is 0 Å². The molecule has 2 heterocycles. The Hall–Kier alpha value is -1.89. The summed E-state index contributed by atoms with van der Waals surface area (Å²) in [6.45, 7) is 3.23. The maximum atomic E-state index is 11.3. The molecular formula is C12H13N3O. The molecule has 0 spiro atoms. The van der Waals surface area contributed by atoms with E-state index in [1.165, 1.54) is 6.33 Å². The molecule has 4 nitrogen and oxygen atoms in total. The third-order valence-electron chi connectivity index (χ3n) is 2.46. The number of hydrogen-bond acceptors (Lipinski definition) is 3. The smallest absolute Gasteiger partial charge is 0.223 e. The van der Waals surface area contributed by atoms with Gasteiger partial charge < -0.3 is 4.90 Å². The molecule has 0 aromatic carbocycles. The molecule has 0 unspecified atom stereocenters. The second-order valence-corrected chi connectivity index (χ2v) is 3.77. The molecule has 1 amide bonds. The van der Waals surface area contributed by atoms with Crippen molar-refractivity contribution in [1.82, 2.24) is 14.9 Å². The molecule has 0 bridgehead atoms. The summed E-state index contributed by atoms with van der Waals surface area (Å²) in [5.74, 6) is 6.11. The molecule has 16 heavy (non-hydrogen) atoms. The van der Waals surface area contributed by atoms with Crippen LogP contribution in [0.2, 0.25) is 0 Å². The highest BCUT2D eigenvalue weighted by atomic mass is 16.2. The van der Waals surface area contributed by atoms with Crippen molar-refractivity contribution in [2.75, 3.05) is 13.1 Å². The van der Waals surface area contributed by atoms with E-state index in [4.69, 9.17) is 0 Å². The molecule has 1 saturated heterocycles. The maximum absolute atomic E-state index is 11.3. The van der Waals surface area contributed by atoms with Crippen LogP contribution in [-0.2, 0) is 4.79 Å². The van der Waals surface area contributed by atoms with Crippen molar-refractivity contribution in [1.29, 1.82) is 0 Å². The summed E-state index contributed by atoms with van der Waals surface area (Å²) in [4.78, 5) is 21.1. The van der Waals surface area contributed by atoms with Gasteiger partial charge in [-0.25, -0.2) is 9.97 Å². The molecule has 2 rings (SSSR count). The molecule has 1 aliphatic heterocycles. The number of aryl methyl sites for hydroxylation is 1. The predicted octanol–water partition coefficient (Wildman–Crippen LogP) is 0.759. The predicted molar refractivity (Wildman–Crippen MR) is 59.5 cm³/mol. The Bertz CT molecular complexity index is 459. The average molecular weight is 215 g/mol. The molecule has 1 aliphatic rings. The quantitative estimate of drug-likeness (QED) is 0.650. The number of carbonyl (C=O) groups is 1. The molecule has 4 heteroatoms. The number of likely N-dealkylation sites (tertiary alicyclic amines) is 1. The Labute approximate surface area is 94.7 Å². The van der Waals surface area contributed by atoms with Gasteiger partial charge in [-0.2, -0.15) is 0 Å². The third kappa shape index (κ3) is 2.57. The molecule has 0 saturated carbocycles. The fourth-order valence-corrected chi connectivity index (χ4v) is 1.62. The molecule has 1 fully saturated rings. The zero-order chi connectivity index (χ0) is 11.4. The maximum Gasteiger partial charge on any atom is 0.223 e. The van der Waals surface area contributed by atoms with Gasteiger partial charge in [-0.15, -0.1) is 0 Å². The molecule has 1 aromatic heterocycles. The topological polar surface area (TPSA) is 46.1 Å². The van der Waals surface area contributed by atoms with Gasteiger partial charge in [0.15, 0.2) is 0 Å². The number of aromatic nitrogens is 2. The van der Waals surface area contributed by atoms with Crippen molar-refractivity contribution in [3.63, 3.8) is 0 Å². The first-order chi connectivity index (χ1) is 7.75. The van der Waals surface area contributed by atoms with Gasteiger partial charge in [0, 0.05) is 18.7 Å². The number of carbonyl (C=O) groups excluding carboxylic acids is 1. The van der Waals surface area contributed by atoms with Gasteiger partial charge in [0.1, 0.15) is 12.0 Å². The van der Waals surface area contributed by atoms with Crippen LogP contribution < -0.4 is 0 Å². The van der Waals surface area contributed by atoms with Gasteiger partial charge in [-0.05, 0) is 25.3 Å². The van der Waals surface area contributed by atoms with E-state index >= 15 is 0 Å². The number of nitrogens with zero attached hydrogens (tertiary/aromatic N) is 3. The fraction of sp³-hybridized carbons (Fsp3) is 0.417. The first kappa shape index (κ1) is 10.6. The standard InChI is InChI=1S/C12H13N3O/c1-10-8-11(14-9-13-10)4-2-6-15-7-3-5-12(15)16/h8-9H,3,5-7H2,1H3. The van der Waals surface area contributed by atoms with Crippen LogP contribution in [-0.4, -0.2) is 33.9 Å². The Morgan fingerprint density at radius 2 is 2.38 bits per heavy atom. The highest BCUT2D eigenvalue weighted by Crippen LogP contribution is 2.07. The minimum atomic E-state index is 0.202. The Balaban J connectivity index is 1.97. The summed E-state index contributed by atoms with van der Waals surface area (Å²) in [6.07, 6.45) is 3.11. The summed E-state index contributed by atoms with van der Waals surface area (Å²) in [5.41, 5.74) is 1.61. The van der Waals surface area contributed by atoms with Crippen LogP contribution in [0.4, 0.5) is 0 Å². The summed E-state index contributed by atoms with van der Waals surface area (Å²) in [6, 6.07) is 1.83. The molecule has 0 radical (unpaired) electrons. The van der Waals surface area contributed by atoms with E-state index in [0.717, 1.165) is 18.7 Å². The second kappa shape index (κ2) is 4.75. The summed E-state index contributed by atoms with van der Waals surface area (Å²) < 4.78 is 0. The van der Waals surface area contributed by atoms with Crippen molar-refractivity contribution >= 4 is 5.91 Å². The Morgan fingerprint density at radius 3 is 3.06 bits per heavy atom. The van der Waals surface area contributed by atoms with Crippen LogP contribution >= 0.6 is 0 Å². The van der Waals surface area contributed by atoms with Crippen LogP contribution in [0.25, 0.3) is 0 Å². The van der Waals surface area contributed by atoms with Gasteiger partial charge >= 0.3 is 0 Å². The van der Waals surface area contributed by atoms with E-state index in [0.29, 0.717) is 18.7 Å².